The highest BCUT2D eigenvalue weighted by molar-refractivity contribution is 5.86. The van der Waals surface area contributed by atoms with E-state index in [0.29, 0.717) is 11.4 Å². The summed E-state index contributed by atoms with van der Waals surface area (Å²) in [6, 6.07) is 9.43. The van der Waals surface area contributed by atoms with Crippen molar-refractivity contribution in [3.05, 3.63) is 48.0 Å². The van der Waals surface area contributed by atoms with Crippen LogP contribution in [-0.4, -0.2) is 68.1 Å². The van der Waals surface area contributed by atoms with Gasteiger partial charge in [0.05, 0.1) is 11.7 Å². The molecule has 1 aromatic carbocycles. The predicted octanol–water partition coefficient (Wildman–Crippen LogP) is 3.58. The molecule has 0 amide bonds. The van der Waals surface area contributed by atoms with Crippen LogP contribution in [0.25, 0.3) is 22.2 Å². The molecule has 0 aliphatic carbocycles. The number of likely N-dealkylation sites (N-methyl/N-ethyl adjacent to an activating group) is 1. The van der Waals surface area contributed by atoms with Crippen LogP contribution in [0.4, 0.5) is 22.0 Å². The van der Waals surface area contributed by atoms with Gasteiger partial charge in [-0.3, -0.25) is 4.68 Å². The average Bonchev–Trinajstić information content (AvgIpc) is 3.16. The molecule has 4 aromatic rings. The third-order valence-corrected chi connectivity index (χ3v) is 6.16. The van der Waals surface area contributed by atoms with Gasteiger partial charge < -0.3 is 15.1 Å². The first kappa shape index (κ1) is 22.1. The summed E-state index contributed by atoms with van der Waals surface area (Å²) in [5.74, 6) is 1.39. The summed E-state index contributed by atoms with van der Waals surface area (Å²) < 4.78 is 16.6. The molecule has 1 aliphatic rings. The molecule has 34 heavy (non-hydrogen) atoms. The molecular weight excluding hydrogens is 433 g/mol. The molecule has 1 fully saturated rings. The second kappa shape index (κ2) is 8.94. The number of benzene rings is 1. The summed E-state index contributed by atoms with van der Waals surface area (Å²) in [6.07, 6.45) is 1.17. The van der Waals surface area contributed by atoms with E-state index in [4.69, 9.17) is 0 Å². The van der Waals surface area contributed by atoms with Crippen molar-refractivity contribution in [1.82, 2.24) is 34.8 Å². The fourth-order valence-corrected chi connectivity index (χ4v) is 4.39. The van der Waals surface area contributed by atoms with Crippen molar-refractivity contribution in [2.45, 2.75) is 19.8 Å². The summed E-state index contributed by atoms with van der Waals surface area (Å²) in [7, 11) is 4.05. The highest BCUT2D eigenvalue weighted by atomic mass is 19.1. The Bertz CT molecular complexity index is 1310. The van der Waals surface area contributed by atoms with E-state index in [9.17, 15) is 4.39 Å². The first-order valence-corrected chi connectivity index (χ1v) is 11.4. The molecule has 3 aromatic heterocycles. The molecule has 0 radical (unpaired) electrons. The molecule has 9 nitrogen and oxygen atoms in total. The van der Waals surface area contributed by atoms with Crippen LogP contribution in [0.15, 0.2) is 36.5 Å². The van der Waals surface area contributed by atoms with Gasteiger partial charge in [0, 0.05) is 49.9 Å². The monoisotopic (exact) mass is 461 g/mol. The van der Waals surface area contributed by atoms with E-state index in [-0.39, 0.29) is 17.6 Å². The van der Waals surface area contributed by atoms with Gasteiger partial charge in [-0.1, -0.05) is 19.9 Å². The predicted molar refractivity (Wildman–Crippen MR) is 131 cm³/mol. The van der Waals surface area contributed by atoms with Crippen LogP contribution in [0.1, 0.15) is 25.5 Å². The SMILES string of the molecule is CC(C)c1c2cc(-c3nc(Nc4ccc(N5CCN(C)CC5)nn4)ncc3F)ccc2nn1C. The van der Waals surface area contributed by atoms with E-state index >= 15 is 0 Å². The van der Waals surface area contributed by atoms with E-state index in [0.717, 1.165) is 48.6 Å². The molecule has 5 rings (SSSR count). The Hall–Kier alpha value is -3.66. The van der Waals surface area contributed by atoms with E-state index in [2.05, 4.69) is 61.3 Å². The zero-order valence-electron chi connectivity index (χ0n) is 19.8. The Morgan fingerprint density at radius 3 is 2.50 bits per heavy atom. The Kier molecular flexibility index (Phi) is 5.82. The van der Waals surface area contributed by atoms with E-state index in [1.54, 1.807) is 0 Å². The summed E-state index contributed by atoms with van der Waals surface area (Å²) >= 11 is 0. The number of piperazine rings is 1. The van der Waals surface area contributed by atoms with Crippen molar-refractivity contribution in [3.63, 3.8) is 0 Å². The van der Waals surface area contributed by atoms with Gasteiger partial charge in [0.25, 0.3) is 0 Å². The fourth-order valence-electron chi connectivity index (χ4n) is 4.39. The van der Waals surface area contributed by atoms with Crippen molar-refractivity contribution < 1.29 is 4.39 Å². The van der Waals surface area contributed by atoms with Gasteiger partial charge >= 0.3 is 0 Å². The topological polar surface area (TPSA) is 87.9 Å². The number of nitrogens with one attached hydrogen (secondary N) is 1. The van der Waals surface area contributed by atoms with Gasteiger partial charge in [0.2, 0.25) is 5.95 Å². The van der Waals surface area contributed by atoms with Crippen LogP contribution in [0, 0.1) is 5.82 Å². The van der Waals surface area contributed by atoms with Gasteiger partial charge in [-0.15, -0.1) is 10.2 Å². The third kappa shape index (κ3) is 4.28. The lowest BCUT2D eigenvalue weighted by atomic mass is 10.0. The summed E-state index contributed by atoms with van der Waals surface area (Å²) in [5.41, 5.74) is 2.86. The van der Waals surface area contributed by atoms with Gasteiger partial charge in [-0.25, -0.2) is 14.4 Å². The Balaban J connectivity index is 1.39. The smallest absolute Gasteiger partial charge is 0.229 e. The molecule has 1 N–H and O–H groups in total. The van der Waals surface area contributed by atoms with Crippen molar-refractivity contribution >= 4 is 28.5 Å². The summed E-state index contributed by atoms with van der Waals surface area (Å²) in [4.78, 5) is 13.0. The largest absolute Gasteiger partial charge is 0.353 e. The number of aromatic nitrogens is 6. The number of hydrogen-bond acceptors (Lipinski definition) is 8. The number of hydrogen-bond donors (Lipinski definition) is 1. The number of halogens is 1. The molecule has 0 spiro atoms. The first-order valence-electron chi connectivity index (χ1n) is 11.4. The van der Waals surface area contributed by atoms with Crippen molar-refractivity contribution in [2.75, 3.05) is 43.4 Å². The van der Waals surface area contributed by atoms with Gasteiger partial charge in [0.15, 0.2) is 17.5 Å². The minimum atomic E-state index is -0.489. The standard InChI is InChI=1S/C24H28FN9/c1-15(2)23-17-13-16(5-6-19(17)31-33(23)4)22-18(25)14-26-24(28-22)27-20-7-8-21(30-29-20)34-11-9-32(3)10-12-34/h5-8,13-15H,9-12H2,1-4H3,(H,26,27,28,29). The highest BCUT2D eigenvalue weighted by Crippen LogP contribution is 2.30. The molecule has 0 unspecified atom stereocenters. The van der Waals surface area contributed by atoms with Crippen LogP contribution in [0.3, 0.4) is 0 Å². The maximum absolute atomic E-state index is 14.7. The highest BCUT2D eigenvalue weighted by Gasteiger charge is 2.17. The lowest BCUT2D eigenvalue weighted by Gasteiger charge is -2.32. The second-order valence-electron chi connectivity index (χ2n) is 8.98. The lowest BCUT2D eigenvalue weighted by Crippen LogP contribution is -2.44. The maximum atomic E-state index is 14.7. The molecule has 10 heteroatoms. The van der Waals surface area contributed by atoms with Crippen LogP contribution in [0.2, 0.25) is 0 Å². The first-order chi connectivity index (χ1) is 16.4. The lowest BCUT2D eigenvalue weighted by molar-refractivity contribution is 0.312. The van der Waals surface area contributed by atoms with Crippen molar-refractivity contribution in [1.29, 1.82) is 0 Å². The van der Waals surface area contributed by atoms with Crippen molar-refractivity contribution in [3.8, 4) is 11.3 Å². The number of fused-ring (bicyclic) bond motifs is 1. The van der Waals surface area contributed by atoms with Gasteiger partial charge in [-0.05, 0) is 37.2 Å². The zero-order chi connectivity index (χ0) is 23.8. The Labute approximate surface area is 197 Å². The molecule has 1 aliphatic heterocycles. The molecule has 0 saturated carbocycles. The van der Waals surface area contributed by atoms with E-state index in [1.807, 2.05) is 42.1 Å². The van der Waals surface area contributed by atoms with Crippen LogP contribution in [-0.2, 0) is 7.05 Å². The number of nitrogens with zero attached hydrogens (tertiary/aromatic N) is 8. The van der Waals surface area contributed by atoms with E-state index < -0.39 is 5.82 Å². The minimum absolute atomic E-state index is 0.222. The summed E-state index contributed by atoms with van der Waals surface area (Å²) in [5, 5.41) is 17.2. The molecule has 1 saturated heterocycles. The average molecular weight is 462 g/mol. The second-order valence-corrected chi connectivity index (χ2v) is 8.98. The quantitative estimate of drug-likeness (QED) is 0.483. The number of anilines is 3. The number of aryl methyl sites for hydroxylation is 1. The molecule has 176 valence electrons. The summed E-state index contributed by atoms with van der Waals surface area (Å²) in [6.45, 7) is 8.07. The molecular formula is C24H28FN9. The van der Waals surface area contributed by atoms with E-state index in [1.165, 1.54) is 6.20 Å². The number of rotatable bonds is 5. The molecule has 0 atom stereocenters. The third-order valence-electron chi connectivity index (χ3n) is 6.16. The Morgan fingerprint density at radius 1 is 1.00 bits per heavy atom. The Morgan fingerprint density at radius 2 is 1.79 bits per heavy atom. The van der Waals surface area contributed by atoms with Gasteiger partial charge in [-0.2, -0.15) is 5.10 Å². The maximum Gasteiger partial charge on any atom is 0.229 e. The molecule has 0 bridgehead atoms. The normalized spacial score (nSPS) is 14.8. The van der Waals surface area contributed by atoms with Gasteiger partial charge in [0.1, 0.15) is 5.69 Å². The van der Waals surface area contributed by atoms with Crippen LogP contribution >= 0.6 is 0 Å². The fraction of sp³-hybridized carbons (Fsp3) is 0.375. The zero-order valence-corrected chi connectivity index (χ0v) is 19.8. The van der Waals surface area contributed by atoms with Crippen molar-refractivity contribution in [2.24, 2.45) is 7.05 Å². The molecule has 4 heterocycles. The minimum Gasteiger partial charge on any atom is -0.353 e. The van der Waals surface area contributed by atoms with Crippen LogP contribution < -0.4 is 10.2 Å². The van der Waals surface area contributed by atoms with Crippen LogP contribution in [0.5, 0.6) is 0 Å².